The van der Waals surface area contributed by atoms with Gasteiger partial charge in [-0.15, -0.1) is 10.2 Å². The molecule has 1 unspecified atom stereocenters. The lowest BCUT2D eigenvalue weighted by Gasteiger charge is -2.22. The number of aromatic nitrogens is 4. The van der Waals surface area contributed by atoms with Crippen molar-refractivity contribution < 1.29 is 14.7 Å². The maximum atomic E-state index is 13.6. The Labute approximate surface area is 256 Å². The standard InChI is InChI=1S/C29H21BrClN5O3S2/c1-15-6-5-13-35-16(2)22(32-26(15)35)24(37)21-23(17-9-11-19(30)12-10-17)36(27(39)25(21)38)28-33-34-29(41-28)40-14-18-7-3-4-8-20(18)31/h3-13,23,37H,14H2,1-2H3/b24-21+. The van der Waals surface area contributed by atoms with Crippen LogP contribution >= 0.6 is 50.6 Å². The number of hydrogen-bond acceptors (Lipinski definition) is 8. The van der Waals surface area contributed by atoms with Crippen LogP contribution in [-0.2, 0) is 15.3 Å². The number of fused-ring (bicyclic) bond motifs is 1. The minimum absolute atomic E-state index is 0.0537. The van der Waals surface area contributed by atoms with Crippen LogP contribution in [0, 0.1) is 13.8 Å². The molecule has 4 heterocycles. The molecule has 2 aromatic carbocycles. The number of amides is 1. The average Bonchev–Trinajstić information content (AvgIpc) is 3.64. The summed E-state index contributed by atoms with van der Waals surface area (Å²) in [5, 5.41) is 21.1. The van der Waals surface area contributed by atoms with E-state index >= 15 is 0 Å². The maximum Gasteiger partial charge on any atom is 0.301 e. The van der Waals surface area contributed by atoms with Crippen LogP contribution in [0.1, 0.15) is 34.1 Å². The molecular weight excluding hydrogens is 646 g/mol. The van der Waals surface area contributed by atoms with E-state index in [4.69, 9.17) is 11.6 Å². The van der Waals surface area contributed by atoms with Crippen molar-refractivity contribution in [1.29, 1.82) is 0 Å². The van der Waals surface area contributed by atoms with Crippen molar-refractivity contribution >= 4 is 78.9 Å². The minimum Gasteiger partial charge on any atom is -0.505 e. The number of carbonyl (C=O) groups excluding carboxylic acids is 2. The number of anilines is 1. The first-order valence-corrected chi connectivity index (χ1v) is 15.4. The van der Waals surface area contributed by atoms with Crippen molar-refractivity contribution in [3.05, 3.63) is 110 Å². The fraction of sp³-hybridized carbons (Fsp3) is 0.138. The Morgan fingerprint density at radius 3 is 2.56 bits per heavy atom. The van der Waals surface area contributed by atoms with E-state index in [1.165, 1.54) is 28.0 Å². The number of Topliss-reactive ketones (excluding diaryl/α,β-unsaturated/α-hetero) is 1. The molecule has 1 aliphatic rings. The number of imidazole rings is 1. The van der Waals surface area contributed by atoms with Gasteiger partial charge in [-0.25, -0.2) is 4.98 Å². The summed E-state index contributed by atoms with van der Waals surface area (Å²) in [5.74, 6) is -1.38. The molecule has 1 fully saturated rings. The number of rotatable bonds is 6. The highest BCUT2D eigenvalue weighted by molar-refractivity contribution is 9.10. The largest absolute Gasteiger partial charge is 0.505 e. The molecule has 6 rings (SSSR count). The molecule has 8 nitrogen and oxygen atoms in total. The van der Waals surface area contributed by atoms with Crippen molar-refractivity contribution in [1.82, 2.24) is 19.6 Å². The highest BCUT2D eigenvalue weighted by Gasteiger charge is 2.48. The zero-order valence-corrected chi connectivity index (χ0v) is 25.7. The molecule has 1 atom stereocenters. The van der Waals surface area contributed by atoms with Gasteiger partial charge in [-0.3, -0.25) is 14.5 Å². The van der Waals surface area contributed by atoms with E-state index in [0.29, 0.717) is 32.0 Å². The predicted octanol–water partition coefficient (Wildman–Crippen LogP) is 7.14. The lowest BCUT2D eigenvalue weighted by molar-refractivity contribution is -0.132. The fourth-order valence-corrected chi connectivity index (χ4v) is 7.20. The van der Waals surface area contributed by atoms with E-state index in [1.807, 2.05) is 73.0 Å². The number of aliphatic hydroxyl groups is 1. The Kier molecular flexibility index (Phi) is 7.45. The third-order valence-corrected chi connectivity index (χ3v) is 9.85. The number of thioether (sulfide) groups is 1. The van der Waals surface area contributed by atoms with Crippen molar-refractivity contribution in [2.24, 2.45) is 0 Å². The summed E-state index contributed by atoms with van der Waals surface area (Å²) in [6.07, 6.45) is 1.84. The van der Waals surface area contributed by atoms with Gasteiger partial charge in [0.15, 0.2) is 10.1 Å². The van der Waals surface area contributed by atoms with Gasteiger partial charge in [-0.2, -0.15) is 0 Å². The molecular formula is C29H21BrClN5O3S2. The van der Waals surface area contributed by atoms with Crippen molar-refractivity contribution in [3.8, 4) is 0 Å². The number of aliphatic hydroxyl groups excluding tert-OH is 1. The van der Waals surface area contributed by atoms with Crippen LogP contribution < -0.4 is 4.90 Å². The number of benzene rings is 2. The molecule has 1 saturated heterocycles. The molecule has 206 valence electrons. The van der Waals surface area contributed by atoms with Crippen LogP contribution in [0.3, 0.4) is 0 Å². The van der Waals surface area contributed by atoms with E-state index in [1.54, 1.807) is 12.1 Å². The Bertz CT molecular complexity index is 1870. The number of ketones is 1. The second-order valence-electron chi connectivity index (χ2n) is 9.38. The Morgan fingerprint density at radius 1 is 1.07 bits per heavy atom. The minimum atomic E-state index is -0.928. The molecule has 1 aliphatic heterocycles. The summed E-state index contributed by atoms with van der Waals surface area (Å²) in [5.41, 5.74) is 3.99. The van der Waals surface area contributed by atoms with E-state index in [-0.39, 0.29) is 22.2 Å². The van der Waals surface area contributed by atoms with Gasteiger partial charge in [0.25, 0.3) is 5.78 Å². The highest BCUT2D eigenvalue weighted by atomic mass is 79.9. The Hall–Kier alpha value is -3.51. The third-order valence-electron chi connectivity index (χ3n) is 6.85. The summed E-state index contributed by atoms with van der Waals surface area (Å²) >= 11 is 12.4. The SMILES string of the molecule is Cc1cccn2c(C)c(/C(O)=C3\C(=O)C(=O)N(c4nnc(SCc5ccccc5Cl)s4)C3c3ccc(Br)cc3)nc12. The van der Waals surface area contributed by atoms with Gasteiger partial charge in [-0.05, 0) is 54.8 Å². The van der Waals surface area contributed by atoms with Crippen molar-refractivity contribution in [2.75, 3.05) is 4.90 Å². The fourth-order valence-electron chi connectivity index (χ4n) is 4.78. The third kappa shape index (κ3) is 4.97. The molecule has 1 amide bonds. The van der Waals surface area contributed by atoms with E-state index < -0.39 is 17.7 Å². The second kappa shape index (κ2) is 11.1. The summed E-state index contributed by atoms with van der Waals surface area (Å²) in [6, 6.07) is 17.7. The predicted molar refractivity (Wildman–Crippen MR) is 165 cm³/mol. The molecule has 0 radical (unpaired) electrons. The Morgan fingerprint density at radius 2 is 1.83 bits per heavy atom. The first kappa shape index (κ1) is 27.6. The number of aryl methyl sites for hydroxylation is 2. The quantitative estimate of drug-likeness (QED) is 0.0676. The van der Waals surface area contributed by atoms with Gasteiger partial charge in [0.05, 0.1) is 17.3 Å². The molecule has 3 aromatic heterocycles. The molecule has 0 spiro atoms. The summed E-state index contributed by atoms with van der Waals surface area (Å²) in [6.45, 7) is 3.73. The number of pyridine rings is 1. The topological polar surface area (TPSA) is 101 Å². The van der Waals surface area contributed by atoms with Crippen molar-refractivity contribution in [2.45, 2.75) is 30.0 Å². The summed E-state index contributed by atoms with van der Waals surface area (Å²) in [4.78, 5) is 33.1. The van der Waals surface area contributed by atoms with Crippen molar-refractivity contribution in [3.63, 3.8) is 0 Å². The smallest absolute Gasteiger partial charge is 0.301 e. The second-order valence-corrected chi connectivity index (χ2v) is 12.9. The molecule has 5 aromatic rings. The first-order chi connectivity index (χ1) is 19.7. The first-order valence-electron chi connectivity index (χ1n) is 12.5. The van der Waals surface area contributed by atoms with Gasteiger partial charge < -0.3 is 9.51 Å². The molecule has 12 heteroatoms. The summed E-state index contributed by atoms with van der Waals surface area (Å²) < 4.78 is 3.30. The number of carbonyl (C=O) groups is 2. The van der Waals surface area contributed by atoms with E-state index in [9.17, 15) is 14.7 Å². The van der Waals surface area contributed by atoms with Crippen LogP contribution in [0.5, 0.6) is 0 Å². The molecule has 41 heavy (non-hydrogen) atoms. The monoisotopic (exact) mass is 665 g/mol. The van der Waals surface area contributed by atoms with Gasteiger partial charge in [0.1, 0.15) is 11.3 Å². The van der Waals surface area contributed by atoms with Crippen LogP contribution in [-0.4, -0.2) is 36.4 Å². The van der Waals surface area contributed by atoms with Gasteiger partial charge >= 0.3 is 5.91 Å². The molecule has 1 N–H and O–H groups in total. The van der Waals surface area contributed by atoms with Gasteiger partial charge in [0, 0.05) is 21.4 Å². The molecule has 0 aliphatic carbocycles. The molecule has 0 bridgehead atoms. The van der Waals surface area contributed by atoms with Crippen LogP contribution in [0.25, 0.3) is 11.4 Å². The van der Waals surface area contributed by atoms with Gasteiger partial charge in [0.2, 0.25) is 5.13 Å². The highest BCUT2D eigenvalue weighted by Crippen LogP contribution is 2.44. The zero-order chi connectivity index (χ0) is 28.8. The maximum absolute atomic E-state index is 13.6. The molecule has 0 saturated carbocycles. The number of hydrogen-bond donors (Lipinski definition) is 1. The normalized spacial score (nSPS) is 16.7. The van der Waals surface area contributed by atoms with Gasteiger partial charge in [-0.1, -0.05) is 87.0 Å². The van der Waals surface area contributed by atoms with E-state index in [0.717, 1.165) is 15.6 Å². The Balaban J connectivity index is 1.44. The zero-order valence-electron chi connectivity index (χ0n) is 21.7. The lowest BCUT2D eigenvalue weighted by atomic mass is 9.96. The average molecular weight is 667 g/mol. The van der Waals surface area contributed by atoms with E-state index in [2.05, 4.69) is 31.1 Å². The summed E-state index contributed by atoms with van der Waals surface area (Å²) in [7, 11) is 0. The van der Waals surface area contributed by atoms with Crippen LogP contribution in [0.15, 0.2) is 81.2 Å². The lowest BCUT2D eigenvalue weighted by Crippen LogP contribution is -2.29. The number of halogens is 2. The van der Waals surface area contributed by atoms with Crippen LogP contribution in [0.4, 0.5) is 5.13 Å². The van der Waals surface area contributed by atoms with Crippen LogP contribution in [0.2, 0.25) is 5.02 Å². The number of nitrogens with zero attached hydrogens (tertiary/aromatic N) is 5.